The fraction of sp³-hybridized carbons (Fsp3) is 0.538. The first kappa shape index (κ1) is 14.1. The van der Waals surface area contributed by atoms with Gasteiger partial charge in [0, 0.05) is 19.3 Å². The summed E-state index contributed by atoms with van der Waals surface area (Å²) in [5.41, 5.74) is 6.90. The molecule has 0 heterocycles. The van der Waals surface area contributed by atoms with Crippen LogP contribution in [0.25, 0.3) is 0 Å². The molecule has 0 bridgehead atoms. The third kappa shape index (κ3) is 3.39. The number of rotatable bonds is 4. The van der Waals surface area contributed by atoms with Gasteiger partial charge in [-0.3, -0.25) is 0 Å². The Hall–Kier alpha value is -1.27. The van der Waals surface area contributed by atoms with Crippen molar-refractivity contribution in [2.75, 3.05) is 24.2 Å². The van der Waals surface area contributed by atoms with Crippen molar-refractivity contribution in [2.45, 2.75) is 30.6 Å². The van der Waals surface area contributed by atoms with Crippen LogP contribution in [0.1, 0.15) is 25.7 Å². The molecule has 0 spiro atoms. The number of benzene rings is 1. The molecule has 1 aliphatic carbocycles. The van der Waals surface area contributed by atoms with Crippen LogP contribution in [-0.2, 0) is 10.0 Å². The first-order valence-electron chi connectivity index (χ1n) is 6.51. The fourth-order valence-electron chi connectivity index (χ4n) is 2.72. The summed E-state index contributed by atoms with van der Waals surface area (Å²) < 4.78 is 22.6. The summed E-state index contributed by atoms with van der Waals surface area (Å²) >= 11 is 0. The second kappa shape index (κ2) is 5.38. The number of nitrogens with two attached hydrogens (primary N) is 2. The molecule has 4 N–H and O–H groups in total. The summed E-state index contributed by atoms with van der Waals surface area (Å²) in [6, 6.07) is 4.91. The maximum atomic E-state index is 11.3. The number of nitrogens with zero attached hydrogens (tertiary/aromatic N) is 1. The van der Waals surface area contributed by atoms with E-state index in [1.54, 1.807) is 12.1 Å². The van der Waals surface area contributed by atoms with Crippen LogP contribution in [0.5, 0.6) is 0 Å². The van der Waals surface area contributed by atoms with Gasteiger partial charge in [0.2, 0.25) is 10.0 Å². The van der Waals surface area contributed by atoms with Crippen molar-refractivity contribution < 1.29 is 8.42 Å². The van der Waals surface area contributed by atoms with E-state index < -0.39 is 10.0 Å². The van der Waals surface area contributed by atoms with Crippen molar-refractivity contribution in [3.05, 3.63) is 18.2 Å². The number of primary sulfonamides is 1. The Bertz CT molecular complexity index is 551. The molecule has 0 aliphatic heterocycles. The highest BCUT2D eigenvalue weighted by Gasteiger charge is 2.18. The lowest BCUT2D eigenvalue weighted by atomic mass is 10.1. The Labute approximate surface area is 114 Å². The van der Waals surface area contributed by atoms with Gasteiger partial charge >= 0.3 is 0 Å². The summed E-state index contributed by atoms with van der Waals surface area (Å²) in [7, 11) is -1.74. The molecule has 1 aliphatic rings. The normalized spacial score (nSPS) is 16.7. The third-order valence-corrected chi connectivity index (χ3v) is 4.73. The summed E-state index contributed by atoms with van der Waals surface area (Å²) in [6.45, 7) is 0.980. The monoisotopic (exact) mass is 283 g/mol. The van der Waals surface area contributed by atoms with Gasteiger partial charge in [-0.05, 0) is 37.0 Å². The van der Waals surface area contributed by atoms with Crippen LogP contribution in [-0.4, -0.2) is 22.0 Å². The molecule has 0 radical (unpaired) electrons. The molecular weight excluding hydrogens is 262 g/mol. The molecule has 2 rings (SSSR count). The highest BCUT2D eigenvalue weighted by molar-refractivity contribution is 7.89. The Kier molecular flexibility index (Phi) is 4.01. The van der Waals surface area contributed by atoms with E-state index in [1.165, 1.54) is 31.7 Å². The average Bonchev–Trinajstić information content (AvgIpc) is 2.79. The van der Waals surface area contributed by atoms with Crippen molar-refractivity contribution in [1.82, 2.24) is 0 Å². The van der Waals surface area contributed by atoms with Crippen LogP contribution >= 0.6 is 0 Å². The Balaban J connectivity index is 2.14. The van der Waals surface area contributed by atoms with Crippen LogP contribution < -0.4 is 15.8 Å². The molecule has 0 saturated heterocycles. The van der Waals surface area contributed by atoms with Gasteiger partial charge in [0.15, 0.2) is 0 Å². The summed E-state index contributed by atoms with van der Waals surface area (Å²) in [6.07, 6.45) is 5.17. The zero-order valence-electron chi connectivity index (χ0n) is 11.2. The lowest BCUT2D eigenvalue weighted by molar-refractivity contribution is 0.547. The number of nitrogen functional groups attached to an aromatic ring is 1. The Morgan fingerprint density at radius 1 is 1.32 bits per heavy atom. The van der Waals surface area contributed by atoms with Gasteiger partial charge in [-0.25, -0.2) is 13.6 Å². The molecule has 1 aromatic rings. The molecule has 0 atom stereocenters. The molecule has 106 valence electrons. The highest BCUT2D eigenvalue weighted by Crippen LogP contribution is 2.28. The predicted molar refractivity (Wildman–Crippen MR) is 77.5 cm³/mol. The summed E-state index contributed by atoms with van der Waals surface area (Å²) in [5, 5.41) is 5.09. The first-order chi connectivity index (χ1) is 8.88. The van der Waals surface area contributed by atoms with E-state index in [2.05, 4.69) is 4.90 Å². The second-order valence-corrected chi connectivity index (χ2v) is 6.83. The lowest BCUT2D eigenvalue weighted by Gasteiger charge is -2.23. The van der Waals surface area contributed by atoms with Crippen LogP contribution in [0.4, 0.5) is 11.4 Å². The first-order valence-corrected chi connectivity index (χ1v) is 8.06. The zero-order valence-corrected chi connectivity index (χ0v) is 12.0. The maximum absolute atomic E-state index is 11.3. The lowest BCUT2D eigenvalue weighted by Crippen LogP contribution is -2.24. The number of hydrogen-bond donors (Lipinski definition) is 2. The molecule has 1 fully saturated rings. The SMILES string of the molecule is CN(CC1CCCC1)c1ccc(S(N)(=O)=O)c(N)c1. The molecule has 19 heavy (non-hydrogen) atoms. The van der Waals surface area contributed by atoms with Gasteiger partial charge in [-0.2, -0.15) is 0 Å². The van der Waals surface area contributed by atoms with Crippen LogP contribution in [0, 0.1) is 5.92 Å². The van der Waals surface area contributed by atoms with Crippen LogP contribution in [0.3, 0.4) is 0 Å². The van der Waals surface area contributed by atoms with Crippen molar-refractivity contribution in [2.24, 2.45) is 11.1 Å². The number of hydrogen-bond acceptors (Lipinski definition) is 4. The third-order valence-electron chi connectivity index (χ3n) is 3.75. The van der Waals surface area contributed by atoms with E-state index in [1.807, 2.05) is 7.05 Å². The van der Waals surface area contributed by atoms with Gasteiger partial charge in [-0.15, -0.1) is 0 Å². The predicted octanol–water partition coefficient (Wildman–Crippen LogP) is 1.54. The molecular formula is C13H21N3O2S. The molecule has 6 heteroatoms. The quantitative estimate of drug-likeness (QED) is 0.820. The van der Waals surface area contributed by atoms with Crippen molar-refractivity contribution in [3.63, 3.8) is 0 Å². The van der Waals surface area contributed by atoms with Crippen molar-refractivity contribution >= 4 is 21.4 Å². The van der Waals surface area contributed by atoms with E-state index in [0.717, 1.165) is 18.2 Å². The van der Waals surface area contributed by atoms with E-state index >= 15 is 0 Å². The molecule has 1 saturated carbocycles. The standard InChI is InChI=1S/C13H21N3O2S/c1-16(9-10-4-2-3-5-10)11-6-7-13(12(14)8-11)19(15,17)18/h6-8,10H,2-5,9,14H2,1H3,(H2,15,17,18). The number of anilines is 2. The molecule has 1 aromatic carbocycles. The van der Waals surface area contributed by atoms with Crippen molar-refractivity contribution in [1.29, 1.82) is 0 Å². The average molecular weight is 283 g/mol. The van der Waals surface area contributed by atoms with Crippen molar-refractivity contribution in [3.8, 4) is 0 Å². The van der Waals surface area contributed by atoms with E-state index in [-0.39, 0.29) is 10.6 Å². The topological polar surface area (TPSA) is 89.4 Å². The highest BCUT2D eigenvalue weighted by atomic mass is 32.2. The fourth-order valence-corrected chi connectivity index (χ4v) is 3.36. The van der Waals surface area contributed by atoms with E-state index in [0.29, 0.717) is 0 Å². The second-order valence-electron chi connectivity index (χ2n) is 5.30. The van der Waals surface area contributed by atoms with E-state index in [4.69, 9.17) is 10.9 Å². The summed E-state index contributed by atoms with van der Waals surface area (Å²) in [5.74, 6) is 0.726. The van der Waals surface area contributed by atoms with Crippen LogP contribution in [0.15, 0.2) is 23.1 Å². The minimum atomic E-state index is -3.74. The van der Waals surface area contributed by atoms with Gasteiger partial charge in [-0.1, -0.05) is 12.8 Å². The molecule has 5 nitrogen and oxygen atoms in total. The Morgan fingerprint density at radius 3 is 2.47 bits per heavy atom. The van der Waals surface area contributed by atoms with Gasteiger partial charge < -0.3 is 10.6 Å². The zero-order chi connectivity index (χ0) is 14.0. The minimum Gasteiger partial charge on any atom is -0.398 e. The maximum Gasteiger partial charge on any atom is 0.240 e. The Morgan fingerprint density at radius 2 is 1.95 bits per heavy atom. The van der Waals surface area contributed by atoms with E-state index in [9.17, 15) is 8.42 Å². The molecule has 0 unspecified atom stereocenters. The summed E-state index contributed by atoms with van der Waals surface area (Å²) in [4.78, 5) is 2.12. The molecule has 0 amide bonds. The molecule has 0 aromatic heterocycles. The minimum absolute atomic E-state index is 0.00878. The van der Waals surface area contributed by atoms with Crippen LogP contribution in [0.2, 0.25) is 0 Å². The largest absolute Gasteiger partial charge is 0.398 e. The van der Waals surface area contributed by atoms with Gasteiger partial charge in [0.25, 0.3) is 0 Å². The van der Waals surface area contributed by atoms with Gasteiger partial charge in [0.1, 0.15) is 4.90 Å². The van der Waals surface area contributed by atoms with Gasteiger partial charge in [0.05, 0.1) is 5.69 Å². The smallest absolute Gasteiger partial charge is 0.240 e. The number of sulfonamides is 1.